The molecule has 1 heterocycles. The number of Topliss-reactive ketones (excluding diaryl/α,β-unsaturated/α-hetero) is 2. The minimum absolute atomic E-state index is 0.168. The van der Waals surface area contributed by atoms with Gasteiger partial charge in [0.15, 0.2) is 11.6 Å². The largest absolute Gasteiger partial charge is 0.446 e. The Bertz CT molecular complexity index is 490. The number of pyridine rings is 1. The van der Waals surface area contributed by atoms with E-state index in [0.717, 1.165) is 5.03 Å². The molecular weight excluding hydrogens is 298 g/mol. The third-order valence-electron chi connectivity index (χ3n) is 2.62. The highest BCUT2D eigenvalue weighted by atomic mass is 33.1. The SMILES string of the molecule is O=C(CCSSc1ccccn1)OC1C(=O)CCC1=O. The van der Waals surface area contributed by atoms with Gasteiger partial charge in [0, 0.05) is 24.8 Å². The van der Waals surface area contributed by atoms with E-state index in [-0.39, 0.29) is 30.8 Å². The average molecular weight is 311 g/mol. The number of ketones is 2. The first-order valence-electron chi connectivity index (χ1n) is 6.12. The van der Waals surface area contributed by atoms with Crippen molar-refractivity contribution in [2.45, 2.75) is 30.4 Å². The molecule has 7 heteroatoms. The van der Waals surface area contributed by atoms with Crippen LogP contribution in [0.5, 0.6) is 0 Å². The summed E-state index contributed by atoms with van der Waals surface area (Å²) in [5.41, 5.74) is 0. The van der Waals surface area contributed by atoms with E-state index in [0.29, 0.717) is 5.75 Å². The Hall–Kier alpha value is -1.34. The minimum Gasteiger partial charge on any atom is -0.446 e. The van der Waals surface area contributed by atoms with E-state index in [1.807, 2.05) is 18.2 Å². The van der Waals surface area contributed by atoms with Gasteiger partial charge in [-0.15, -0.1) is 0 Å². The lowest BCUT2D eigenvalue weighted by Crippen LogP contribution is -2.28. The minimum atomic E-state index is -1.16. The summed E-state index contributed by atoms with van der Waals surface area (Å²) in [7, 11) is 2.95. The highest BCUT2D eigenvalue weighted by Gasteiger charge is 2.35. The predicted molar refractivity (Wildman–Crippen MR) is 76.3 cm³/mol. The zero-order chi connectivity index (χ0) is 14.4. The van der Waals surface area contributed by atoms with E-state index in [1.54, 1.807) is 6.20 Å². The van der Waals surface area contributed by atoms with Crippen molar-refractivity contribution < 1.29 is 19.1 Å². The molecule has 0 spiro atoms. The molecule has 0 unspecified atom stereocenters. The van der Waals surface area contributed by atoms with Crippen LogP contribution >= 0.6 is 21.6 Å². The van der Waals surface area contributed by atoms with E-state index in [9.17, 15) is 14.4 Å². The molecule has 0 aromatic carbocycles. The van der Waals surface area contributed by atoms with Crippen LogP contribution in [0.25, 0.3) is 0 Å². The molecule has 106 valence electrons. The van der Waals surface area contributed by atoms with Gasteiger partial charge >= 0.3 is 5.97 Å². The standard InChI is InChI=1S/C13H13NO4S2/c15-9-4-5-10(16)13(9)18-12(17)6-8-19-20-11-3-1-2-7-14-11/h1-3,7,13H,4-6,8H2. The van der Waals surface area contributed by atoms with Gasteiger partial charge in [-0.05, 0) is 22.9 Å². The predicted octanol–water partition coefficient (Wildman–Crippen LogP) is 2.06. The lowest BCUT2D eigenvalue weighted by atomic mass is 10.3. The van der Waals surface area contributed by atoms with Gasteiger partial charge in [0.05, 0.1) is 6.42 Å². The van der Waals surface area contributed by atoms with Gasteiger partial charge in [0.25, 0.3) is 0 Å². The number of hydrogen-bond acceptors (Lipinski definition) is 7. The molecular formula is C13H13NO4S2. The lowest BCUT2D eigenvalue weighted by Gasteiger charge is -2.08. The fourth-order valence-corrected chi connectivity index (χ4v) is 3.48. The average Bonchev–Trinajstić information content (AvgIpc) is 2.77. The van der Waals surface area contributed by atoms with Crippen LogP contribution in [-0.2, 0) is 19.1 Å². The Labute approximate surface area is 124 Å². The van der Waals surface area contributed by atoms with Crippen molar-refractivity contribution in [3.63, 3.8) is 0 Å². The second kappa shape index (κ2) is 7.44. The summed E-state index contributed by atoms with van der Waals surface area (Å²) < 4.78 is 4.91. The van der Waals surface area contributed by atoms with E-state index in [2.05, 4.69) is 4.98 Å². The summed E-state index contributed by atoms with van der Waals surface area (Å²) in [5, 5.41) is 0.868. The summed E-state index contributed by atoms with van der Waals surface area (Å²) >= 11 is 0. The molecule has 1 fully saturated rings. The van der Waals surface area contributed by atoms with E-state index in [1.165, 1.54) is 21.6 Å². The van der Waals surface area contributed by atoms with Gasteiger partial charge in [-0.3, -0.25) is 14.4 Å². The molecule has 20 heavy (non-hydrogen) atoms. The molecule has 2 rings (SSSR count). The topological polar surface area (TPSA) is 73.3 Å². The number of aromatic nitrogens is 1. The zero-order valence-corrected chi connectivity index (χ0v) is 12.2. The number of hydrogen-bond donors (Lipinski definition) is 0. The van der Waals surface area contributed by atoms with Gasteiger partial charge < -0.3 is 4.74 Å². The summed E-state index contributed by atoms with van der Waals surface area (Å²) in [6.07, 6.45) is 1.08. The summed E-state index contributed by atoms with van der Waals surface area (Å²) in [6, 6.07) is 5.61. The number of carbonyl (C=O) groups is 3. The van der Waals surface area contributed by atoms with Crippen molar-refractivity contribution in [1.82, 2.24) is 4.98 Å². The second-order valence-electron chi connectivity index (χ2n) is 4.13. The highest BCUT2D eigenvalue weighted by Crippen LogP contribution is 2.29. The van der Waals surface area contributed by atoms with Crippen molar-refractivity contribution in [3.8, 4) is 0 Å². The van der Waals surface area contributed by atoms with Crippen LogP contribution in [0.1, 0.15) is 19.3 Å². The Balaban J connectivity index is 1.65. The Morgan fingerprint density at radius 1 is 1.30 bits per heavy atom. The Morgan fingerprint density at radius 3 is 2.70 bits per heavy atom. The number of ether oxygens (including phenoxy) is 1. The van der Waals surface area contributed by atoms with Crippen molar-refractivity contribution >= 4 is 39.1 Å². The van der Waals surface area contributed by atoms with Gasteiger partial charge in [0.2, 0.25) is 6.10 Å². The molecule has 1 aliphatic carbocycles. The lowest BCUT2D eigenvalue weighted by molar-refractivity contribution is -0.157. The van der Waals surface area contributed by atoms with Crippen LogP contribution in [0.2, 0.25) is 0 Å². The number of rotatable bonds is 6. The maximum absolute atomic E-state index is 11.5. The number of carbonyl (C=O) groups excluding carboxylic acids is 3. The molecule has 1 aromatic rings. The molecule has 1 aromatic heterocycles. The van der Waals surface area contributed by atoms with Gasteiger partial charge in [-0.1, -0.05) is 16.9 Å². The molecule has 1 aliphatic rings. The van der Waals surface area contributed by atoms with Gasteiger partial charge in [0.1, 0.15) is 5.03 Å². The molecule has 5 nitrogen and oxygen atoms in total. The van der Waals surface area contributed by atoms with Crippen molar-refractivity contribution in [2.75, 3.05) is 5.75 Å². The van der Waals surface area contributed by atoms with E-state index < -0.39 is 12.1 Å². The van der Waals surface area contributed by atoms with Crippen molar-refractivity contribution in [3.05, 3.63) is 24.4 Å². The third-order valence-corrected chi connectivity index (χ3v) is 4.89. The Morgan fingerprint density at radius 2 is 2.05 bits per heavy atom. The van der Waals surface area contributed by atoms with E-state index in [4.69, 9.17) is 4.74 Å². The molecule has 0 bridgehead atoms. The molecule has 0 aliphatic heterocycles. The molecule has 0 N–H and O–H groups in total. The van der Waals surface area contributed by atoms with Crippen LogP contribution in [0.15, 0.2) is 29.4 Å². The first kappa shape index (κ1) is 15.1. The fourth-order valence-electron chi connectivity index (χ4n) is 1.63. The maximum atomic E-state index is 11.5. The van der Waals surface area contributed by atoms with E-state index >= 15 is 0 Å². The normalized spacial score (nSPS) is 15.6. The number of nitrogens with zero attached hydrogens (tertiary/aromatic N) is 1. The zero-order valence-electron chi connectivity index (χ0n) is 10.6. The maximum Gasteiger partial charge on any atom is 0.307 e. The van der Waals surface area contributed by atoms with Crippen LogP contribution in [-0.4, -0.2) is 34.4 Å². The second-order valence-corrected chi connectivity index (χ2v) is 6.56. The monoisotopic (exact) mass is 311 g/mol. The summed E-state index contributed by atoms with van der Waals surface area (Å²) in [5.74, 6) is -0.555. The van der Waals surface area contributed by atoms with Crippen LogP contribution in [0, 0.1) is 0 Å². The summed E-state index contributed by atoms with van der Waals surface area (Å²) in [4.78, 5) is 38.3. The quantitative estimate of drug-likeness (QED) is 0.344. The molecule has 1 saturated carbocycles. The summed E-state index contributed by atoms with van der Waals surface area (Å²) in [6.45, 7) is 0. The Kier molecular flexibility index (Phi) is 5.60. The molecule has 0 saturated heterocycles. The molecule has 0 amide bonds. The van der Waals surface area contributed by atoms with Gasteiger partial charge in [-0.2, -0.15) is 0 Å². The van der Waals surface area contributed by atoms with Crippen LogP contribution in [0.4, 0.5) is 0 Å². The smallest absolute Gasteiger partial charge is 0.307 e. The van der Waals surface area contributed by atoms with Gasteiger partial charge in [-0.25, -0.2) is 4.98 Å². The van der Waals surface area contributed by atoms with Crippen molar-refractivity contribution in [2.24, 2.45) is 0 Å². The molecule has 0 atom stereocenters. The third kappa shape index (κ3) is 4.35. The highest BCUT2D eigenvalue weighted by molar-refractivity contribution is 8.76. The number of esters is 1. The fraction of sp³-hybridized carbons (Fsp3) is 0.385. The first-order chi connectivity index (χ1) is 9.66. The van der Waals surface area contributed by atoms with Crippen molar-refractivity contribution in [1.29, 1.82) is 0 Å². The first-order valence-corrected chi connectivity index (χ1v) is 8.44. The molecule has 0 radical (unpaired) electrons. The van der Waals surface area contributed by atoms with Crippen LogP contribution in [0.3, 0.4) is 0 Å². The van der Waals surface area contributed by atoms with Crippen LogP contribution < -0.4 is 0 Å².